The summed E-state index contributed by atoms with van der Waals surface area (Å²) < 4.78 is 31.4. The molecule has 0 bridgehead atoms. The zero-order valence-electron chi connectivity index (χ0n) is 14.5. The molecule has 1 atom stereocenters. The van der Waals surface area contributed by atoms with Crippen LogP contribution in [0.15, 0.2) is 70.5 Å². The van der Waals surface area contributed by atoms with Crippen molar-refractivity contribution in [1.29, 1.82) is 0 Å². The Bertz CT molecular complexity index is 986. The van der Waals surface area contributed by atoms with Gasteiger partial charge in [0.05, 0.1) is 7.11 Å². The molecule has 0 saturated heterocycles. The van der Waals surface area contributed by atoms with Crippen molar-refractivity contribution in [2.75, 3.05) is 13.7 Å². The number of hydrogen-bond acceptors (Lipinski definition) is 6. The predicted octanol–water partition coefficient (Wildman–Crippen LogP) is 3.10. The van der Waals surface area contributed by atoms with Gasteiger partial charge in [0.25, 0.3) is 5.91 Å². The molecule has 0 fully saturated rings. The van der Waals surface area contributed by atoms with E-state index in [1.54, 1.807) is 67.2 Å². The van der Waals surface area contributed by atoms with Crippen molar-refractivity contribution in [2.24, 2.45) is 0 Å². The average molecular weight is 402 g/mol. The van der Waals surface area contributed by atoms with Crippen LogP contribution in [0.1, 0.15) is 21.2 Å². The maximum absolute atomic E-state index is 13.0. The van der Waals surface area contributed by atoms with Gasteiger partial charge in [0, 0.05) is 24.5 Å². The number of nitrogens with one attached hydrogen (secondary N) is 1. The summed E-state index contributed by atoms with van der Waals surface area (Å²) in [6.07, 6.45) is 3.09. The molecule has 0 aliphatic heterocycles. The Balaban J connectivity index is 1.83. The third kappa shape index (κ3) is 4.35. The average Bonchev–Trinajstić information content (AvgIpc) is 3.24. The summed E-state index contributed by atoms with van der Waals surface area (Å²) in [6, 6.07) is 13.2. The second kappa shape index (κ2) is 8.32. The molecule has 2 heterocycles. The molecule has 0 unspecified atom stereocenters. The molecule has 6 nitrogen and oxygen atoms in total. The van der Waals surface area contributed by atoms with Gasteiger partial charge in [-0.1, -0.05) is 12.1 Å². The summed E-state index contributed by atoms with van der Waals surface area (Å²) in [6.45, 7) is -0.0587. The summed E-state index contributed by atoms with van der Waals surface area (Å²) in [5.41, 5.74) is 0.954. The summed E-state index contributed by atoms with van der Waals surface area (Å²) >= 11 is 1.15. The van der Waals surface area contributed by atoms with E-state index in [-0.39, 0.29) is 16.7 Å². The first-order chi connectivity index (χ1) is 13.0. The number of sulfone groups is 1. The molecular weight excluding hydrogens is 384 g/mol. The Morgan fingerprint density at radius 3 is 2.56 bits per heavy atom. The van der Waals surface area contributed by atoms with Crippen LogP contribution in [0.5, 0.6) is 5.75 Å². The number of aromatic nitrogens is 1. The van der Waals surface area contributed by atoms with Gasteiger partial charge in [-0.2, -0.15) is 0 Å². The molecule has 3 aromatic rings. The number of carbonyl (C=O) groups is 1. The van der Waals surface area contributed by atoms with Crippen LogP contribution in [0.25, 0.3) is 0 Å². The Labute approximate surface area is 161 Å². The molecule has 3 rings (SSSR count). The summed E-state index contributed by atoms with van der Waals surface area (Å²) in [5, 5.41) is 3.51. The molecule has 1 N–H and O–H groups in total. The predicted molar refractivity (Wildman–Crippen MR) is 104 cm³/mol. The molecule has 0 aliphatic rings. The molecule has 0 spiro atoms. The quantitative estimate of drug-likeness (QED) is 0.656. The lowest BCUT2D eigenvalue weighted by molar-refractivity contribution is 0.0953. The minimum atomic E-state index is -3.66. The summed E-state index contributed by atoms with van der Waals surface area (Å²) in [7, 11) is -2.11. The number of pyridine rings is 1. The van der Waals surface area contributed by atoms with E-state index in [1.807, 2.05) is 0 Å². The molecule has 0 radical (unpaired) electrons. The molecule has 140 valence electrons. The van der Waals surface area contributed by atoms with Gasteiger partial charge in [0.15, 0.2) is 9.84 Å². The number of benzene rings is 1. The monoisotopic (exact) mass is 402 g/mol. The SMILES string of the molecule is COc1ccc(C(=O)NC[C@H](c2cccnc2)S(=O)(=O)c2cccs2)cc1. The fraction of sp³-hybridized carbons (Fsp3) is 0.158. The van der Waals surface area contributed by atoms with E-state index < -0.39 is 15.1 Å². The summed E-state index contributed by atoms with van der Waals surface area (Å²) in [4.78, 5) is 16.5. The van der Waals surface area contributed by atoms with E-state index in [0.29, 0.717) is 16.9 Å². The maximum atomic E-state index is 13.0. The van der Waals surface area contributed by atoms with E-state index in [9.17, 15) is 13.2 Å². The summed E-state index contributed by atoms with van der Waals surface area (Å²) in [5.74, 6) is 0.285. The van der Waals surface area contributed by atoms with Crippen molar-refractivity contribution < 1.29 is 17.9 Å². The highest BCUT2D eigenvalue weighted by atomic mass is 32.2. The highest BCUT2D eigenvalue weighted by molar-refractivity contribution is 7.93. The van der Waals surface area contributed by atoms with Crippen LogP contribution < -0.4 is 10.1 Å². The minimum Gasteiger partial charge on any atom is -0.497 e. The Morgan fingerprint density at radius 2 is 1.96 bits per heavy atom. The molecular formula is C19H18N2O4S2. The molecule has 0 aliphatic carbocycles. The molecule has 2 aromatic heterocycles. The largest absolute Gasteiger partial charge is 0.497 e. The minimum absolute atomic E-state index is 0.0587. The van der Waals surface area contributed by atoms with E-state index in [2.05, 4.69) is 10.3 Å². The first-order valence-corrected chi connectivity index (χ1v) is 10.5. The normalized spacial score (nSPS) is 12.3. The fourth-order valence-corrected chi connectivity index (χ4v) is 5.42. The van der Waals surface area contributed by atoms with Gasteiger partial charge in [-0.05, 0) is 47.3 Å². The van der Waals surface area contributed by atoms with Crippen LogP contribution in [-0.2, 0) is 9.84 Å². The van der Waals surface area contributed by atoms with Gasteiger partial charge in [-0.15, -0.1) is 11.3 Å². The van der Waals surface area contributed by atoms with E-state index in [4.69, 9.17) is 4.74 Å². The van der Waals surface area contributed by atoms with Crippen LogP contribution in [0.4, 0.5) is 0 Å². The Morgan fingerprint density at radius 1 is 1.19 bits per heavy atom. The van der Waals surface area contributed by atoms with Gasteiger partial charge >= 0.3 is 0 Å². The zero-order chi connectivity index (χ0) is 19.3. The molecule has 1 aromatic carbocycles. The lowest BCUT2D eigenvalue weighted by Gasteiger charge is -2.18. The van der Waals surface area contributed by atoms with Crippen molar-refractivity contribution in [1.82, 2.24) is 10.3 Å². The van der Waals surface area contributed by atoms with Crippen molar-refractivity contribution in [3.63, 3.8) is 0 Å². The van der Waals surface area contributed by atoms with Crippen molar-refractivity contribution in [3.8, 4) is 5.75 Å². The number of rotatable bonds is 7. The third-order valence-corrected chi connectivity index (χ3v) is 7.54. The number of methoxy groups -OCH3 is 1. The lowest BCUT2D eigenvalue weighted by atomic mass is 10.2. The van der Waals surface area contributed by atoms with Crippen LogP contribution in [-0.4, -0.2) is 33.0 Å². The van der Waals surface area contributed by atoms with Crippen LogP contribution in [0.3, 0.4) is 0 Å². The van der Waals surface area contributed by atoms with Crippen molar-refractivity contribution >= 4 is 27.1 Å². The number of amides is 1. The molecule has 0 saturated carbocycles. The van der Waals surface area contributed by atoms with Gasteiger partial charge in [0.2, 0.25) is 0 Å². The zero-order valence-corrected chi connectivity index (χ0v) is 16.2. The second-order valence-corrected chi connectivity index (χ2v) is 9.00. The van der Waals surface area contributed by atoms with E-state index in [0.717, 1.165) is 11.3 Å². The number of nitrogens with zero attached hydrogens (tertiary/aromatic N) is 1. The van der Waals surface area contributed by atoms with Gasteiger partial charge in [-0.3, -0.25) is 9.78 Å². The van der Waals surface area contributed by atoms with Crippen LogP contribution in [0.2, 0.25) is 0 Å². The molecule has 1 amide bonds. The van der Waals surface area contributed by atoms with E-state index in [1.165, 1.54) is 6.20 Å². The number of thiophene rings is 1. The Kier molecular flexibility index (Phi) is 5.88. The molecule has 27 heavy (non-hydrogen) atoms. The fourth-order valence-electron chi connectivity index (χ4n) is 2.57. The van der Waals surface area contributed by atoms with Gasteiger partial charge < -0.3 is 10.1 Å². The second-order valence-electron chi connectivity index (χ2n) is 5.69. The third-order valence-electron chi connectivity index (χ3n) is 4.01. The Hall–Kier alpha value is -2.71. The standard InChI is InChI=1S/C19H18N2O4S2/c1-25-16-8-6-14(7-9-16)19(22)21-13-17(15-4-2-10-20-12-15)27(23,24)18-5-3-11-26-18/h2-12,17H,13H2,1H3,(H,21,22)/t17-/m1/s1. The molecule has 8 heteroatoms. The first kappa shape index (κ1) is 19.1. The topological polar surface area (TPSA) is 85.4 Å². The van der Waals surface area contributed by atoms with Crippen LogP contribution >= 0.6 is 11.3 Å². The number of hydrogen-bond donors (Lipinski definition) is 1. The van der Waals surface area contributed by atoms with Crippen molar-refractivity contribution in [3.05, 3.63) is 77.4 Å². The van der Waals surface area contributed by atoms with Gasteiger partial charge in [0.1, 0.15) is 15.2 Å². The van der Waals surface area contributed by atoms with Crippen molar-refractivity contribution in [2.45, 2.75) is 9.46 Å². The highest BCUT2D eigenvalue weighted by Crippen LogP contribution is 2.30. The number of ether oxygens (including phenoxy) is 1. The lowest BCUT2D eigenvalue weighted by Crippen LogP contribution is -2.31. The number of carbonyl (C=O) groups excluding carboxylic acids is 1. The maximum Gasteiger partial charge on any atom is 0.251 e. The van der Waals surface area contributed by atoms with Crippen LogP contribution in [0, 0.1) is 0 Å². The van der Waals surface area contributed by atoms with E-state index >= 15 is 0 Å². The smallest absolute Gasteiger partial charge is 0.251 e. The first-order valence-electron chi connectivity index (χ1n) is 8.12. The van der Waals surface area contributed by atoms with Gasteiger partial charge in [-0.25, -0.2) is 8.42 Å². The highest BCUT2D eigenvalue weighted by Gasteiger charge is 2.30.